The Labute approximate surface area is 226 Å². The van der Waals surface area contributed by atoms with Crippen molar-refractivity contribution in [3.8, 4) is 11.3 Å². The van der Waals surface area contributed by atoms with Gasteiger partial charge in [0.2, 0.25) is 0 Å². The van der Waals surface area contributed by atoms with Crippen LogP contribution in [0.5, 0.6) is 0 Å². The van der Waals surface area contributed by atoms with Crippen molar-refractivity contribution in [1.29, 1.82) is 0 Å². The van der Waals surface area contributed by atoms with Crippen molar-refractivity contribution in [3.05, 3.63) is 107 Å². The molecule has 196 valence electrons. The molecule has 8 nitrogen and oxygen atoms in total. The Bertz CT molecular complexity index is 1680. The fraction of sp³-hybridized carbons (Fsp3) is 0.194. The van der Waals surface area contributed by atoms with Gasteiger partial charge in [-0.25, -0.2) is 4.98 Å². The van der Waals surface area contributed by atoms with Crippen LogP contribution in [0.3, 0.4) is 0 Å². The number of aryl methyl sites for hydroxylation is 3. The first-order chi connectivity index (χ1) is 18.7. The number of anilines is 1. The summed E-state index contributed by atoms with van der Waals surface area (Å²) in [7, 11) is 1.72. The van der Waals surface area contributed by atoms with Crippen LogP contribution < -0.4 is 5.32 Å². The second-order valence-corrected chi connectivity index (χ2v) is 9.77. The van der Waals surface area contributed by atoms with Crippen LogP contribution in [0.4, 0.5) is 5.69 Å². The number of rotatable bonds is 6. The summed E-state index contributed by atoms with van der Waals surface area (Å²) in [5.41, 5.74) is 6.67. The minimum absolute atomic E-state index is 0.165. The lowest BCUT2D eigenvalue weighted by atomic mass is 9.99. The Morgan fingerprint density at radius 3 is 2.44 bits per heavy atom. The largest absolute Gasteiger partial charge is 0.359 e. The molecule has 1 N–H and O–H groups in total. The fourth-order valence-corrected chi connectivity index (χ4v) is 4.58. The molecule has 0 aliphatic carbocycles. The lowest BCUT2D eigenvalue weighted by Gasteiger charge is -2.23. The van der Waals surface area contributed by atoms with E-state index in [1.54, 1.807) is 54.7 Å². The number of carbonyl (C=O) groups excluding carboxylic acids is 2. The van der Waals surface area contributed by atoms with E-state index in [1.165, 1.54) is 0 Å². The smallest absolute Gasteiger partial charge is 0.256 e. The minimum atomic E-state index is -0.279. The summed E-state index contributed by atoms with van der Waals surface area (Å²) in [5, 5.41) is 7.67. The molecule has 2 amide bonds. The fourth-order valence-electron chi connectivity index (χ4n) is 4.58. The Kier molecular flexibility index (Phi) is 6.94. The van der Waals surface area contributed by atoms with Gasteiger partial charge in [0.25, 0.3) is 11.8 Å². The van der Waals surface area contributed by atoms with Gasteiger partial charge < -0.3 is 14.7 Å². The highest BCUT2D eigenvalue weighted by molar-refractivity contribution is 6.13. The van der Waals surface area contributed by atoms with E-state index in [0.29, 0.717) is 28.3 Å². The third kappa shape index (κ3) is 5.27. The van der Waals surface area contributed by atoms with Crippen LogP contribution in [0.15, 0.2) is 77.6 Å². The summed E-state index contributed by atoms with van der Waals surface area (Å²) in [6.45, 7) is 7.72. The molecule has 5 aromatic rings. The average molecular weight is 520 g/mol. The molecular formula is C31H29N5O3. The number of carbonyl (C=O) groups is 2. The van der Waals surface area contributed by atoms with Gasteiger partial charge >= 0.3 is 0 Å². The van der Waals surface area contributed by atoms with E-state index in [0.717, 1.165) is 33.3 Å². The second kappa shape index (κ2) is 10.5. The van der Waals surface area contributed by atoms with Crippen LogP contribution in [0, 0.1) is 20.8 Å². The maximum Gasteiger partial charge on any atom is 0.256 e. The quantitative estimate of drug-likeness (QED) is 0.283. The number of nitrogens with one attached hydrogen (secondary N) is 1. The van der Waals surface area contributed by atoms with Crippen LogP contribution in [0.25, 0.3) is 22.2 Å². The van der Waals surface area contributed by atoms with E-state index >= 15 is 0 Å². The summed E-state index contributed by atoms with van der Waals surface area (Å²) in [6, 6.07) is 18.0. The first-order valence-electron chi connectivity index (χ1n) is 12.7. The van der Waals surface area contributed by atoms with Crippen molar-refractivity contribution in [3.63, 3.8) is 0 Å². The number of pyridine rings is 2. The zero-order valence-corrected chi connectivity index (χ0v) is 22.5. The van der Waals surface area contributed by atoms with Crippen molar-refractivity contribution in [1.82, 2.24) is 20.0 Å². The topological polar surface area (TPSA) is 101 Å². The van der Waals surface area contributed by atoms with Crippen molar-refractivity contribution in [2.24, 2.45) is 0 Å². The average Bonchev–Trinajstić information content (AvgIpc) is 3.38. The van der Waals surface area contributed by atoms with Gasteiger partial charge in [-0.1, -0.05) is 16.8 Å². The van der Waals surface area contributed by atoms with Crippen LogP contribution in [-0.4, -0.2) is 38.9 Å². The molecule has 2 aromatic carbocycles. The molecule has 0 aliphatic heterocycles. The van der Waals surface area contributed by atoms with Crippen LogP contribution >= 0.6 is 0 Å². The molecule has 3 aromatic heterocycles. The van der Waals surface area contributed by atoms with Crippen LogP contribution in [0.1, 0.15) is 56.3 Å². The summed E-state index contributed by atoms with van der Waals surface area (Å²) in [4.78, 5) is 37.3. The summed E-state index contributed by atoms with van der Waals surface area (Å²) in [5.74, 6) is 0.192. The van der Waals surface area contributed by atoms with Gasteiger partial charge in [-0.3, -0.25) is 14.6 Å². The second-order valence-electron chi connectivity index (χ2n) is 9.77. The summed E-state index contributed by atoms with van der Waals surface area (Å²) < 4.78 is 5.32. The van der Waals surface area contributed by atoms with Gasteiger partial charge in [0, 0.05) is 47.7 Å². The molecule has 0 aliphatic rings. The third-order valence-electron chi connectivity index (χ3n) is 6.80. The zero-order chi connectivity index (χ0) is 27.7. The predicted octanol–water partition coefficient (Wildman–Crippen LogP) is 6.30. The number of amides is 2. The number of aromatic nitrogens is 3. The summed E-state index contributed by atoms with van der Waals surface area (Å²) >= 11 is 0. The Hall–Kier alpha value is -4.85. The SMILES string of the molecule is Cc1cc(C)c2nc(-c3cccnc3)cc(C(=O)Nc3ccc(C(=O)N(C)[C@@H](C)c4cc(C)no4)cc3)c2c1. The highest BCUT2D eigenvalue weighted by atomic mass is 16.5. The normalized spacial score (nSPS) is 11.8. The van der Waals surface area contributed by atoms with Gasteiger partial charge in [0.15, 0.2) is 5.76 Å². The van der Waals surface area contributed by atoms with E-state index in [1.807, 2.05) is 52.0 Å². The van der Waals surface area contributed by atoms with Gasteiger partial charge in [0.1, 0.15) is 0 Å². The lowest BCUT2D eigenvalue weighted by molar-refractivity contribution is 0.0720. The lowest BCUT2D eigenvalue weighted by Crippen LogP contribution is -2.29. The minimum Gasteiger partial charge on any atom is -0.359 e. The number of fused-ring (bicyclic) bond motifs is 1. The third-order valence-corrected chi connectivity index (χ3v) is 6.80. The Balaban J connectivity index is 1.41. The first-order valence-corrected chi connectivity index (χ1v) is 12.7. The molecule has 0 radical (unpaired) electrons. The van der Waals surface area contributed by atoms with E-state index < -0.39 is 0 Å². The van der Waals surface area contributed by atoms with Gasteiger partial charge in [0.05, 0.1) is 28.5 Å². The number of hydrogen-bond donors (Lipinski definition) is 1. The molecule has 8 heteroatoms. The maximum atomic E-state index is 13.6. The van der Waals surface area contributed by atoms with Crippen molar-refractivity contribution in [2.45, 2.75) is 33.7 Å². The molecule has 0 saturated carbocycles. The first kappa shape index (κ1) is 25.8. The Morgan fingerprint density at radius 2 is 1.77 bits per heavy atom. The van der Waals surface area contributed by atoms with Gasteiger partial charge in [-0.15, -0.1) is 0 Å². The van der Waals surface area contributed by atoms with Crippen molar-refractivity contribution < 1.29 is 14.1 Å². The van der Waals surface area contributed by atoms with E-state index in [9.17, 15) is 9.59 Å². The number of nitrogens with zero attached hydrogens (tertiary/aromatic N) is 4. The van der Waals surface area contributed by atoms with Crippen LogP contribution in [-0.2, 0) is 0 Å². The molecule has 1 atom stereocenters. The molecule has 0 fully saturated rings. The summed E-state index contributed by atoms with van der Waals surface area (Å²) in [6.07, 6.45) is 3.44. The predicted molar refractivity (Wildman–Crippen MR) is 151 cm³/mol. The Morgan fingerprint density at radius 1 is 1.00 bits per heavy atom. The number of benzene rings is 2. The monoisotopic (exact) mass is 519 g/mol. The molecule has 0 unspecified atom stereocenters. The zero-order valence-electron chi connectivity index (χ0n) is 22.5. The standard InChI is InChI=1S/C31H29N5O3/c1-18-13-19(2)29-25(14-18)26(16-27(34-29)23-7-6-12-32-17-23)30(37)33-24-10-8-22(9-11-24)31(38)36(5)21(4)28-15-20(3)35-39-28/h6-17,21H,1-5H3,(H,33,37)/t21-/m0/s1. The highest BCUT2D eigenvalue weighted by Gasteiger charge is 2.22. The molecular weight excluding hydrogens is 490 g/mol. The molecule has 0 saturated heterocycles. The molecule has 5 rings (SSSR count). The van der Waals surface area contributed by atoms with E-state index in [4.69, 9.17) is 9.51 Å². The van der Waals surface area contributed by atoms with Crippen molar-refractivity contribution >= 4 is 28.4 Å². The van der Waals surface area contributed by atoms with Crippen molar-refractivity contribution in [2.75, 3.05) is 12.4 Å². The van der Waals surface area contributed by atoms with Gasteiger partial charge in [-0.05, 0) is 81.8 Å². The maximum absolute atomic E-state index is 13.6. The highest BCUT2D eigenvalue weighted by Crippen LogP contribution is 2.29. The number of hydrogen-bond acceptors (Lipinski definition) is 6. The molecule has 0 spiro atoms. The van der Waals surface area contributed by atoms with E-state index in [-0.39, 0.29) is 17.9 Å². The molecule has 39 heavy (non-hydrogen) atoms. The van der Waals surface area contributed by atoms with Crippen LogP contribution in [0.2, 0.25) is 0 Å². The molecule has 0 bridgehead atoms. The molecule has 3 heterocycles. The van der Waals surface area contributed by atoms with E-state index in [2.05, 4.69) is 21.5 Å². The van der Waals surface area contributed by atoms with Gasteiger partial charge in [-0.2, -0.15) is 0 Å².